The number of phenolic OH excluding ortho intramolecular Hbond substituents is 2. The molecule has 0 aromatic heterocycles. The van der Waals surface area contributed by atoms with Gasteiger partial charge in [0.1, 0.15) is 12.4 Å². The standard InChI is InChI=1S/C51H76O11/c1-34-36(19-11-7-17-25-50(27-28-50)46(58)59)31-38(35(2)39(34)21-13-9-15-23-48(3,4)44(54)55)33-62-43-37(20-12-8-18-26-51(29-30-51)47(60)61)32-41(52)42(53)40(43)22-14-10-16-24-49(5,6)45(56)57/h31-32,52-53H,7-30,33H2,1-6H3,(H,54,55)(H,56,57)(H,58,59)(H,60,61). The molecule has 2 fully saturated rings. The molecule has 346 valence electrons. The lowest BCUT2D eigenvalue weighted by molar-refractivity contribution is -0.148. The second kappa shape index (κ2) is 21.9. The van der Waals surface area contributed by atoms with Crippen LogP contribution in [0.3, 0.4) is 0 Å². The number of phenols is 2. The number of aliphatic carboxylic acids is 4. The molecular formula is C51H76O11. The number of benzene rings is 2. The first-order valence-electron chi connectivity index (χ1n) is 23.4. The maximum atomic E-state index is 11.7. The fourth-order valence-electron chi connectivity index (χ4n) is 9.04. The molecule has 2 aliphatic rings. The lowest BCUT2D eigenvalue weighted by Crippen LogP contribution is -2.23. The normalized spacial score (nSPS) is 15.3. The lowest BCUT2D eigenvalue weighted by Gasteiger charge is -2.22. The Labute approximate surface area is 369 Å². The SMILES string of the molecule is Cc1c(CCCCCC2(C(=O)O)CC2)cc(COc2c(CCCCCC3(C(=O)O)CC3)cc(O)c(O)c2CCCCCC(C)(C)C(=O)O)c(C)c1CCCCCC(C)(C)C(=O)O. The monoisotopic (exact) mass is 865 g/mol. The van der Waals surface area contributed by atoms with E-state index >= 15 is 0 Å². The van der Waals surface area contributed by atoms with Gasteiger partial charge >= 0.3 is 23.9 Å². The Hall–Kier alpha value is -4.28. The molecule has 2 aromatic rings. The minimum absolute atomic E-state index is 0.212. The van der Waals surface area contributed by atoms with Crippen molar-refractivity contribution in [3.63, 3.8) is 0 Å². The van der Waals surface area contributed by atoms with E-state index in [9.17, 15) is 49.8 Å². The van der Waals surface area contributed by atoms with Crippen LogP contribution in [0.5, 0.6) is 17.2 Å². The van der Waals surface area contributed by atoms with Crippen LogP contribution in [0, 0.1) is 35.5 Å². The first kappa shape index (κ1) is 50.4. The van der Waals surface area contributed by atoms with Gasteiger partial charge in [-0.15, -0.1) is 0 Å². The minimum atomic E-state index is -0.835. The first-order valence-corrected chi connectivity index (χ1v) is 23.4. The molecule has 0 aliphatic heterocycles. The summed E-state index contributed by atoms with van der Waals surface area (Å²) >= 11 is 0. The molecule has 62 heavy (non-hydrogen) atoms. The van der Waals surface area contributed by atoms with Crippen molar-refractivity contribution in [1.29, 1.82) is 0 Å². The van der Waals surface area contributed by atoms with Gasteiger partial charge < -0.3 is 35.4 Å². The van der Waals surface area contributed by atoms with Gasteiger partial charge in [0.15, 0.2) is 11.5 Å². The van der Waals surface area contributed by atoms with Crippen LogP contribution in [0.25, 0.3) is 0 Å². The maximum absolute atomic E-state index is 11.7. The molecule has 0 radical (unpaired) electrons. The highest BCUT2D eigenvalue weighted by Crippen LogP contribution is 2.51. The van der Waals surface area contributed by atoms with Crippen LogP contribution in [0.1, 0.15) is 195 Å². The molecule has 0 bridgehead atoms. The Morgan fingerprint density at radius 1 is 0.548 bits per heavy atom. The Morgan fingerprint density at radius 3 is 1.42 bits per heavy atom. The molecule has 11 nitrogen and oxygen atoms in total. The number of carbonyl (C=O) groups is 4. The highest BCUT2D eigenvalue weighted by molar-refractivity contribution is 5.78. The van der Waals surface area contributed by atoms with Crippen LogP contribution in [0.2, 0.25) is 0 Å². The predicted molar refractivity (Wildman–Crippen MR) is 240 cm³/mol. The highest BCUT2D eigenvalue weighted by Gasteiger charge is 2.50. The molecule has 11 heteroatoms. The smallest absolute Gasteiger partial charge is 0.309 e. The number of carboxylic acids is 4. The van der Waals surface area contributed by atoms with E-state index in [0.717, 1.165) is 119 Å². The fourth-order valence-corrected chi connectivity index (χ4v) is 9.04. The van der Waals surface area contributed by atoms with Crippen LogP contribution in [-0.2, 0) is 51.5 Å². The van der Waals surface area contributed by atoms with E-state index < -0.39 is 45.5 Å². The number of ether oxygens (including phenoxy) is 1. The lowest BCUT2D eigenvalue weighted by atomic mass is 9.85. The number of hydrogen-bond acceptors (Lipinski definition) is 7. The number of carboxylic acid groups (broad SMARTS) is 4. The van der Waals surface area contributed by atoms with Gasteiger partial charge in [-0.2, -0.15) is 0 Å². The first-order chi connectivity index (χ1) is 29.2. The average molecular weight is 865 g/mol. The summed E-state index contributed by atoms with van der Waals surface area (Å²) in [7, 11) is 0. The molecule has 0 amide bonds. The van der Waals surface area contributed by atoms with Gasteiger partial charge in [0.05, 0.1) is 21.7 Å². The van der Waals surface area contributed by atoms with Gasteiger partial charge in [-0.3, -0.25) is 19.2 Å². The van der Waals surface area contributed by atoms with E-state index in [0.29, 0.717) is 62.7 Å². The van der Waals surface area contributed by atoms with E-state index in [1.807, 2.05) is 0 Å². The second-order valence-corrected chi connectivity index (χ2v) is 20.2. The summed E-state index contributed by atoms with van der Waals surface area (Å²) in [5.41, 5.74) is 4.51. The minimum Gasteiger partial charge on any atom is -0.504 e. The molecule has 0 heterocycles. The molecule has 4 rings (SSSR count). The second-order valence-electron chi connectivity index (χ2n) is 20.2. The third-order valence-corrected chi connectivity index (χ3v) is 14.4. The number of aromatic hydroxyl groups is 2. The average Bonchev–Trinajstić information content (AvgIpc) is 4.14. The molecule has 0 atom stereocenters. The fraction of sp³-hybridized carbons (Fsp3) is 0.686. The van der Waals surface area contributed by atoms with Crippen LogP contribution in [0.15, 0.2) is 12.1 Å². The van der Waals surface area contributed by atoms with E-state index in [1.165, 1.54) is 16.7 Å². The van der Waals surface area contributed by atoms with Crippen molar-refractivity contribution in [3.8, 4) is 17.2 Å². The Morgan fingerprint density at radius 2 is 0.968 bits per heavy atom. The molecule has 0 unspecified atom stereocenters. The van der Waals surface area contributed by atoms with Gasteiger partial charge in [0, 0.05) is 5.56 Å². The molecule has 0 saturated heterocycles. The van der Waals surface area contributed by atoms with Gasteiger partial charge in [0.25, 0.3) is 0 Å². The Balaban J connectivity index is 1.56. The zero-order valence-corrected chi connectivity index (χ0v) is 38.6. The molecule has 0 spiro atoms. The Bertz CT molecular complexity index is 1880. The summed E-state index contributed by atoms with van der Waals surface area (Å²) in [6, 6.07) is 3.81. The number of hydrogen-bond donors (Lipinski definition) is 6. The summed E-state index contributed by atoms with van der Waals surface area (Å²) < 4.78 is 6.79. The summed E-state index contributed by atoms with van der Waals surface area (Å²) in [4.78, 5) is 46.8. The zero-order chi connectivity index (χ0) is 45.9. The van der Waals surface area contributed by atoms with Crippen LogP contribution in [0.4, 0.5) is 0 Å². The van der Waals surface area contributed by atoms with E-state index in [-0.39, 0.29) is 18.1 Å². The molecular weight excluding hydrogens is 789 g/mol. The van der Waals surface area contributed by atoms with Crippen molar-refractivity contribution < 1.29 is 54.6 Å². The third-order valence-electron chi connectivity index (χ3n) is 14.4. The topological polar surface area (TPSA) is 199 Å². The van der Waals surface area contributed by atoms with E-state index in [4.69, 9.17) is 4.74 Å². The van der Waals surface area contributed by atoms with E-state index in [2.05, 4.69) is 19.9 Å². The molecule has 2 saturated carbocycles. The van der Waals surface area contributed by atoms with Gasteiger partial charge in [0.2, 0.25) is 0 Å². The van der Waals surface area contributed by atoms with Gasteiger partial charge in [-0.05, 0) is 184 Å². The number of unbranched alkanes of at least 4 members (excludes halogenated alkanes) is 8. The molecule has 2 aliphatic carbocycles. The quantitative estimate of drug-likeness (QED) is 0.0311. The van der Waals surface area contributed by atoms with Crippen molar-refractivity contribution >= 4 is 23.9 Å². The Kier molecular flexibility index (Phi) is 17.8. The maximum Gasteiger partial charge on any atom is 0.309 e. The molecule has 6 N–H and O–H groups in total. The van der Waals surface area contributed by atoms with Gasteiger partial charge in [-0.25, -0.2) is 0 Å². The summed E-state index contributed by atoms with van der Waals surface area (Å²) in [5, 5.41) is 60.8. The number of rotatable bonds is 31. The predicted octanol–water partition coefficient (Wildman–Crippen LogP) is 11.7. The van der Waals surface area contributed by atoms with Crippen molar-refractivity contribution in [2.45, 2.75) is 202 Å². The van der Waals surface area contributed by atoms with Crippen molar-refractivity contribution in [2.24, 2.45) is 21.7 Å². The van der Waals surface area contributed by atoms with Crippen LogP contribution >= 0.6 is 0 Å². The van der Waals surface area contributed by atoms with Crippen LogP contribution in [-0.4, -0.2) is 54.5 Å². The largest absolute Gasteiger partial charge is 0.504 e. The van der Waals surface area contributed by atoms with E-state index in [1.54, 1.807) is 33.8 Å². The van der Waals surface area contributed by atoms with Crippen molar-refractivity contribution in [1.82, 2.24) is 0 Å². The summed E-state index contributed by atoms with van der Waals surface area (Å²) in [6.07, 6.45) is 18.0. The molecule has 2 aromatic carbocycles. The summed E-state index contributed by atoms with van der Waals surface area (Å²) in [5.74, 6) is -2.89. The highest BCUT2D eigenvalue weighted by atomic mass is 16.5. The van der Waals surface area contributed by atoms with Crippen molar-refractivity contribution in [2.75, 3.05) is 0 Å². The van der Waals surface area contributed by atoms with Gasteiger partial charge in [-0.1, -0.05) is 57.4 Å². The van der Waals surface area contributed by atoms with Crippen LogP contribution < -0.4 is 4.74 Å². The zero-order valence-electron chi connectivity index (χ0n) is 38.6. The third kappa shape index (κ3) is 13.6. The summed E-state index contributed by atoms with van der Waals surface area (Å²) in [6.45, 7) is 11.5. The number of aryl methyl sites for hydroxylation is 2. The van der Waals surface area contributed by atoms with Crippen molar-refractivity contribution in [3.05, 3.63) is 51.1 Å².